The second-order valence-corrected chi connectivity index (χ2v) is 14.4. The fourth-order valence-corrected chi connectivity index (χ4v) is 8.81. The lowest BCUT2D eigenvalue weighted by Gasteiger charge is -2.55. The van der Waals surface area contributed by atoms with E-state index in [4.69, 9.17) is 14.2 Å². The first-order chi connectivity index (χ1) is 16.8. The van der Waals surface area contributed by atoms with Crippen LogP contribution in [0.2, 0.25) is 0 Å². The van der Waals surface area contributed by atoms with E-state index in [0.29, 0.717) is 6.54 Å². The van der Waals surface area contributed by atoms with Crippen LogP contribution >= 0.6 is 15.9 Å². The second kappa shape index (κ2) is 8.01. The zero-order chi connectivity index (χ0) is 25.8. The van der Waals surface area contributed by atoms with Gasteiger partial charge in [-0.05, 0) is 68.5 Å². The van der Waals surface area contributed by atoms with E-state index in [-0.39, 0.29) is 22.3 Å². The van der Waals surface area contributed by atoms with Gasteiger partial charge in [0.15, 0.2) is 12.1 Å². The Hall–Kier alpha value is -1.49. The molecule has 194 valence electrons. The zero-order valence-corrected chi connectivity index (χ0v) is 23.8. The highest BCUT2D eigenvalue weighted by Crippen LogP contribution is 2.53. The van der Waals surface area contributed by atoms with Crippen LogP contribution in [0, 0.1) is 19.8 Å². The van der Waals surface area contributed by atoms with Crippen LogP contribution in [0.1, 0.15) is 44.4 Å². The molecule has 2 aromatic carbocycles. The van der Waals surface area contributed by atoms with Crippen molar-refractivity contribution in [3.63, 3.8) is 0 Å². The fraction of sp³-hybridized carbons (Fsp3) is 0.556. The van der Waals surface area contributed by atoms with Gasteiger partial charge in [0.1, 0.15) is 12.2 Å². The van der Waals surface area contributed by atoms with Crippen LogP contribution in [0.4, 0.5) is 5.69 Å². The average Bonchev–Trinajstić information content (AvgIpc) is 3.26. The third-order valence-electron chi connectivity index (χ3n) is 8.41. The SMILES string of the molecule is Cc1ccc(S(=O)(=O)N2C[C@@H]3[C@H](Nc4c(C)cc(Br)cc4C3(C)C)[C@H]3O[C@@H]4OC(C)(C)O[C@@H]4[C@@H]32)cc1. The molecule has 2 aromatic rings. The lowest BCUT2D eigenvalue weighted by molar-refractivity contribution is -0.216. The van der Waals surface area contributed by atoms with Crippen LogP contribution in [-0.2, 0) is 29.6 Å². The lowest BCUT2D eigenvalue weighted by atomic mass is 9.63. The summed E-state index contributed by atoms with van der Waals surface area (Å²) in [5.74, 6) is -0.877. The predicted molar refractivity (Wildman–Crippen MR) is 140 cm³/mol. The Morgan fingerprint density at radius 3 is 2.42 bits per heavy atom. The maximum absolute atomic E-state index is 14.2. The van der Waals surface area contributed by atoms with E-state index in [1.54, 1.807) is 16.4 Å². The van der Waals surface area contributed by atoms with Crippen LogP contribution < -0.4 is 5.32 Å². The van der Waals surface area contributed by atoms with Crippen molar-refractivity contribution < 1.29 is 22.6 Å². The largest absolute Gasteiger partial charge is 0.379 e. The first-order valence-electron chi connectivity index (χ1n) is 12.5. The Balaban J connectivity index is 1.49. The van der Waals surface area contributed by atoms with E-state index in [1.807, 2.05) is 32.9 Å². The monoisotopic (exact) mass is 576 g/mol. The van der Waals surface area contributed by atoms with Gasteiger partial charge >= 0.3 is 0 Å². The quantitative estimate of drug-likeness (QED) is 0.558. The molecule has 0 unspecified atom stereocenters. The van der Waals surface area contributed by atoms with Crippen LogP contribution in [0.3, 0.4) is 0 Å². The number of ether oxygens (including phenoxy) is 3. The molecule has 0 radical (unpaired) electrons. The summed E-state index contributed by atoms with van der Waals surface area (Å²) in [4.78, 5) is 0.285. The molecule has 6 rings (SSSR count). The number of rotatable bonds is 2. The van der Waals surface area contributed by atoms with Crippen molar-refractivity contribution in [1.82, 2.24) is 4.31 Å². The number of halogens is 1. The number of benzene rings is 2. The summed E-state index contributed by atoms with van der Waals surface area (Å²) in [5, 5.41) is 3.77. The maximum atomic E-state index is 14.2. The third kappa shape index (κ3) is 3.61. The topological polar surface area (TPSA) is 77.1 Å². The van der Waals surface area contributed by atoms with E-state index in [2.05, 4.69) is 54.2 Å². The molecule has 3 fully saturated rings. The van der Waals surface area contributed by atoms with Gasteiger partial charge < -0.3 is 19.5 Å². The fourth-order valence-electron chi connectivity index (χ4n) is 6.57. The molecule has 0 bridgehead atoms. The van der Waals surface area contributed by atoms with Gasteiger partial charge in [0.05, 0.1) is 17.0 Å². The summed E-state index contributed by atoms with van der Waals surface area (Å²) >= 11 is 3.66. The minimum absolute atomic E-state index is 0.0352. The third-order valence-corrected chi connectivity index (χ3v) is 10.7. The van der Waals surface area contributed by atoms with Gasteiger partial charge in [-0.3, -0.25) is 0 Å². The van der Waals surface area contributed by atoms with Crippen molar-refractivity contribution in [2.45, 2.75) is 88.2 Å². The molecule has 0 aromatic heterocycles. The number of hydrogen-bond acceptors (Lipinski definition) is 6. The summed E-state index contributed by atoms with van der Waals surface area (Å²) in [6.07, 6.45) is -1.56. The number of piperidine rings is 1. The predicted octanol–water partition coefficient (Wildman–Crippen LogP) is 4.70. The maximum Gasteiger partial charge on any atom is 0.243 e. The molecule has 36 heavy (non-hydrogen) atoms. The molecular formula is C27H33BrN2O5S. The number of aryl methyl sites for hydroxylation is 2. The van der Waals surface area contributed by atoms with E-state index < -0.39 is 40.4 Å². The molecular weight excluding hydrogens is 544 g/mol. The number of nitrogens with one attached hydrogen (secondary N) is 1. The molecule has 4 aliphatic heterocycles. The van der Waals surface area contributed by atoms with Gasteiger partial charge in [0, 0.05) is 22.6 Å². The molecule has 0 amide bonds. The summed E-state index contributed by atoms with van der Waals surface area (Å²) in [5.41, 5.74) is 4.12. The van der Waals surface area contributed by atoms with Gasteiger partial charge in [-0.15, -0.1) is 0 Å². The number of fused-ring (bicyclic) bond motifs is 6. The molecule has 6 atom stereocenters. The van der Waals surface area contributed by atoms with Gasteiger partial charge in [0.25, 0.3) is 0 Å². The first kappa shape index (κ1) is 24.8. The summed E-state index contributed by atoms with van der Waals surface area (Å²) in [6.45, 7) is 12.5. The highest BCUT2D eigenvalue weighted by molar-refractivity contribution is 9.10. The van der Waals surface area contributed by atoms with Crippen molar-refractivity contribution in [3.8, 4) is 0 Å². The van der Waals surface area contributed by atoms with E-state index in [1.165, 1.54) is 5.56 Å². The van der Waals surface area contributed by atoms with Gasteiger partial charge in [-0.25, -0.2) is 8.42 Å². The molecule has 4 heterocycles. The van der Waals surface area contributed by atoms with Crippen molar-refractivity contribution in [1.29, 1.82) is 0 Å². The van der Waals surface area contributed by atoms with Gasteiger partial charge in [-0.2, -0.15) is 4.31 Å². The minimum Gasteiger partial charge on any atom is -0.379 e. The molecule has 9 heteroatoms. The van der Waals surface area contributed by atoms with Gasteiger partial charge in [-0.1, -0.05) is 47.5 Å². The van der Waals surface area contributed by atoms with E-state index in [9.17, 15) is 8.42 Å². The lowest BCUT2D eigenvalue weighted by Crippen LogP contribution is -2.68. The van der Waals surface area contributed by atoms with Crippen LogP contribution in [0.15, 0.2) is 45.8 Å². The van der Waals surface area contributed by atoms with Gasteiger partial charge in [0.2, 0.25) is 10.0 Å². The smallest absolute Gasteiger partial charge is 0.243 e. The van der Waals surface area contributed by atoms with Crippen LogP contribution in [0.5, 0.6) is 0 Å². The Morgan fingerprint density at radius 2 is 1.72 bits per heavy atom. The Labute approximate surface area is 221 Å². The molecule has 0 spiro atoms. The molecule has 1 N–H and O–H groups in total. The molecule has 4 aliphatic rings. The molecule has 3 saturated heterocycles. The van der Waals surface area contributed by atoms with Crippen LogP contribution in [0.25, 0.3) is 0 Å². The first-order valence-corrected chi connectivity index (χ1v) is 14.7. The number of nitrogens with zero attached hydrogens (tertiary/aromatic N) is 1. The molecule has 7 nitrogen and oxygen atoms in total. The Morgan fingerprint density at radius 1 is 1.03 bits per heavy atom. The summed E-state index contributed by atoms with van der Waals surface area (Å²) in [7, 11) is -3.82. The highest BCUT2D eigenvalue weighted by atomic mass is 79.9. The van der Waals surface area contributed by atoms with Crippen molar-refractivity contribution in [2.75, 3.05) is 11.9 Å². The number of hydrogen-bond donors (Lipinski definition) is 1. The average molecular weight is 578 g/mol. The zero-order valence-electron chi connectivity index (χ0n) is 21.4. The van der Waals surface area contributed by atoms with E-state index >= 15 is 0 Å². The standard InChI is InChI=1S/C27H33BrN2O5S/c1-14-7-9-17(10-8-14)36(31,32)30-13-19-21(23-22(30)24-25(33-23)35-27(5,6)34-24)29-20-15(2)11-16(28)12-18(20)26(19,3)4/h7-12,19,21-25,29H,13H2,1-6H3/t19-,21+,22-,23-,24-,25-/m1/s1. The second-order valence-electron chi connectivity index (χ2n) is 11.6. The number of anilines is 1. The van der Waals surface area contributed by atoms with Crippen molar-refractivity contribution in [3.05, 3.63) is 57.6 Å². The highest BCUT2D eigenvalue weighted by Gasteiger charge is 2.65. The minimum atomic E-state index is -3.82. The summed E-state index contributed by atoms with van der Waals surface area (Å²) in [6, 6.07) is 10.7. The summed E-state index contributed by atoms with van der Waals surface area (Å²) < 4.78 is 49.9. The normalized spacial score (nSPS) is 34.3. The van der Waals surface area contributed by atoms with Crippen LogP contribution in [-0.4, -0.2) is 55.6 Å². The Bertz CT molecular complexity index is 1330. The van der Waals surface area contributed by atoms with Crippen molar-refractivity contribution in [2.24, 2.45) is 5.92 Å². The van der Waals surface area contributed by atoms with E-state index in [0.717, 1.165) is 21.3 Å². The molecule has 0 saturated carbocycles. The van der Waals surface area contributed by atoms with Crippen molar-refractivity contribution >= 4 is 31.6 Å². The molecule has 0 aliphatic carbocycles. The Kier molecular flexibility index (Phi) is 5.52. The number of sulfonamides is 1.